The third kappa shape index (κ3) is 7.45. The van der Waals surface area contributed by atoms with Crippen LogP contribution in [0.4, 0.5) is 5.69 Å². The summed E-state index contributed by atoms with van der Waals surface area (Å²) in [4.78, 5) is 29.2. The van der Waals surface area contributed by atoms with Crippen molar-refractivity contribution in [1.82, 2.24) is 0 Å². The summed E-state index contributed by atoms with van der Waals surface area (Å²) in [5, 5.41) is 10.2. The van der Waals surface area contributed by atoms with Gasteiger partial charge in [-0.3, -0.25) is 9.59 Å². The topological polar surface area (TPSA) is 57.6 Å². The van der Waals surface area contributed by atoms with Crippen LogP contribution < -0.4 is 15.8 Å². The van der Waals surface area contributed by atoms with Gasteiger partial charge in [0, 0.05) is 33.1 Å². The van der Waals surface area contributed by atoms with Crippen molar-refractivity contribution in [2.45, 2.75) is 129 Å². The molecule has 228 valence electrons. The standard InChI is InChI=1S/C37H51NO3S/c1-5-7-9-11-12-13-14-15-16-18-24-38-31-22-20-27(32-23-21-28(42-32)19-17-10-8-6-2)25-30(31)37(3,4)33(38)26-29-34(39)36(41)35(29)40/h20-23,25-26,39H,5-19,24H2,1-4H3/b33-26+. The third-order valence-corrected chi connectivity index (χ3v) is 10.2. The Hall–Kier alpha value is -2.66. The number of benzene rings is 1. The Morgan fingerprint density at radius 1 is 0.786 bits per heavy atom. The number of anilines is 1. The molecule has 0 bridgehead atoms. The van der Waals surface area contributed by atoms with Gasteiger partial charge in [0.1, 0.15) is 0 Å². The zero-order valence-electron chi connectivity index (χ0n) is 26.4. The number of rotatable bonds is 18. The summed E-state index contributed by atoms with van der Waals surface area (Å²) in [6.07, 6.45) is 20.8. The molecule has 1 aromatic heterocycles. The number of unbranched alkanes of at least 4 members (excludes halogenated alkanes) is 12. The first kappa shape index (κ1) is 32.3. The minimum Gasteiger partial charge on any atom is -0.504 e. The van der Waals surface area contributed by atoms with Crippen molar-refractivity contribution in [3.8, 4) is 16.2 Å². The lowest BCUT2D eigenvalue weighted by atomic mass is 9.82. The zero-order valence-corrected chi connectivity index (χ0v) is 27.2. The highest BCUT2D eigenvalue weighted by molar-refractivity contribution is 7.15. The molecule has 0 aliphatic carbocycles. The maximum atomic E-state index is 12.3. The summed E-state index contributed by atoms with van der Waals surface area (Å²) in [7, 11) is 0. The fourth-order valence-corrected chi connectivity index (χ4v) is 7.39. The van der Waals surface area contributed by atoms with E-state index < -0.39 is 16.6 Å². The second-order valence-electron chi connectivity index (χ2n) is 12.7. The largest absolute Gasteiger partial charge is 0.504 e. The van der Waals surface area contributed by atoms with E-state index in [0.717, 1.165) is 25.1 Å². The summed E-state index contributed by atoms with van der Waals surface area (Å²) >= 11 is 1.89. The van der Waals surface area contributed by atoms with Gasteiger partial charge < -0.3 is 10.0 Å². The Morgan fingerprint density at radius 2 is 1.40 bits per heavy atom. The number of hydrogen-bond acceptors (Lipinski definition) is 5. The molecule has 0 saturated heterocycles. The zero-order chi connectivity index (χ0) is 30.1. The third-order valence-electron chi connectivity index (χ3n) is 9.05. The van der Waals surface area contributed by atoms with E-state index in [1.165, 1.54) is 110 Å². The molecule has 0 spiro atoms. The van der Waals surface area contributed by atoms with Crippen LogP contribution in [0.5, 0.6) is 5.75 Å². The first-order valence-electron chi connectivity index (χ1n) is 16.5. The molecule has 2 aromatic carbocycles. The molecule has 4 rings (SSSR count). The first-order chi connectivity index (χ1) is 20.3. The van der Waals surface area contributed by atoms with Crippen LogP contribution in [-0.2, 0) is 11.8 Å². The summed E-state index contributed by atoms with van der Waals surface area (Å²) < 4.78 is 0. The summed E-state index contributed by atoms with van der Waals surface area (Å²) in [5.41, 5.74) is 3.03. The van der Waals surface area contributed by atoms with Crippen LogP contribution in [-0.4, -0.2) is 11.7 Å². The average molecular weight is 590 g/mol. The van der Waals surface area contributed by atoms with Gasteiger partial charge in [-0.15, -0.1) is 11.3 Å². The first-order valence-corrected chi connectivity index (χ1v) is 17.4. The Labute approximate surface area is 257 Å². The molecule has 0 radical (unpaired) electrons. The molecule has 4 nitrogen and oxygen atoms in total. The molecule has 3 aromatic rings. The van der Waals surface area contributed by atoms with Gasteiger partial charge in [0.2, 0.25) is 5.43 Å². The van der Waals surface area contributed by atoms with E-state index in [1.54, 1.807) is 6.08 Å². The lowest BCUT2D eigenvalue weighted by molar-refractivity contribution is 0.461. The van der Waals surface area contributed by atoms with Gasteiger partial charge in [-0.1, -0.05) is 111 Å². The van der Waals surface area contributed by atoms with Crippen LogP contribution in [0.2, 0.25) is 0 Å². The quantitative estimate of drug-likeness (QED) is 0.118. The van der Waals surface area contributed by atoms with Crippen molar-refractivity contribution in [2.24, 2.45) is 0 Å². The Kier molecular flexibility index (Phi) is 11.7. The number of aryl methyl sites for hydroxylation is 1. The van der Waals surface area contributed by atoms with Crippen molar-refractivity contribution >= 4 is 23.1 Å². The van der Waals surface area contributed by atoms with Crippen molar-refractivity contribution in [1.29, 1.82) is 0 Å². The van der Waals surface area contributed by atoms with Crippen LogP contribution in [0.15, 0.2) is 45.6 Å². The number of hydrogen-bond donors (Lipinski definition) is 1. The van der Waals surface area contributed by atoms with E-state index >= 15 is 0 Å². The minimum absolute atomic E-state index is 0.148. The SMILES string of the molecule is CCCCCCCCCCCCN1/C(=C/c2c(O)c(=O)c2=O)C(C)(C)c2cc(-c3ccc(CCCCCC)s3)ccc21. The molecular formula is C37H51NO3S. The van der Waals surface area contributed by atoms with Gasteiger partial charge in [0.15, 0.2) is 5.75 Å². The van der Waals surface area contributed by atoms with E-state index in [4.69, 9.17) is 0 Å². The van der Waals surface area contributed by atoms with Gasteiger partial charge in [0.05, 0.1) is 5.56 Å². The van der Waals surface area contributed by atoms with E-state index in [0.29, 0.717) is 0 Å². The van der Waals surface area contributed by atoms with Crippen molar-refractivity contribution < 1.29 is 5.11 Å². The van der Waals surface area contributed by atoms with Gasteiger partial charge in [-0.2, -0.15) is 0 Å². The molecule has 5 heteroatoms. The number of aromatic hydroxyl groups is 1. The number of thiophene rings is 1. The van der Waals surface area contributed by atoms with E-state index in [9.17, 15) is 14.7 Å². The molecule has 0 atom stereocenters. The fraction of sp³-hybridized carbons (Fsp3) is 0.568. The van der Waals surface area contributed by atoms with Crippen molar-refractivity contribution in [3.63, 3.8) is 0 Å². The molecule has 0 saturated carbocycles. The molecular weight excluding hydrogens is 538 g/mol. The van der Waals surface area contributed by atoms with E-state index in [1.807, 2.05) is 11.3 Å². The van der Waals surface area contributed by atoms with Gasteiger partial charge in [0.25, 0.3) is 5.43 Å². The smallest absolute Gasteiger partial charge is 0.268 e. The molecule has 0 unspecified atom stereocenters. The van der Waals surface area contributed by atoms with Gasteiger partial charge >= 0.3 is 0 Å². The molecule has 0 amide bonds. The van der Waals surface area contributed by atoms with Crippen LogP contribution in [0.25, 0.3) is 16.5 Å². The van der Waals surface area contributed by atoms with Crippen LogP contribution in [0.1, 0.15) is 134 Å². The summed E-state index contributed by atoms with van der Waals surface area (Å²) in [5.74, 6) is -0.399. The van der Waals surface area contributed by atoms with Gasteiger partial charge in [-0.05, 0) is 60.7 Å². The second kappa shape index (κ2) is 15.2. The Balaban J connectivity index is 1.49. The van der Waals surface area contributed by atoms with Gasteiger partial charge in [-0.25, -0.2) is 0 Å². The highest BCUT2D eigenvalue weighted by Gasteiger charge is 2.41. The number of nitrogens with zero attached hydrogens (tertiary/aromatic N) is 1. The van der Waals surface area contributed by atoms with Crippen LogP contribution in [0.3, 0.4) is 0 Å². The van der Waals surface area contributed by atoms with Crippen LogP contribution >= 0.6 is 11.3 Å². The number of allylic oxidation sites excluding steroid dienone is 1. The molecule has 1 aliphatic rings. The maximum Gasteiger partial charge on any atom is 0.268 e. The van der Waals surface area contributed by atoms with Crippen molar-refractivity contribution in [2.75, 3.05) is 11.4 Å². The molecule has 0 fully saturated rings. The van der Waals surface area contributed by atoms with E-state index in [-0.39, 0.29) is 11.0 Å². The Morgan fingerprint density at radius 3 is 2.05 bits per heavy atom. The lowest BCUT2D eigenvalue weighted by Gasteiger charge is -2.27. The average Bonchev–Trinajstić information content (AvgIpc) is 3.54. The highest BCUT2D eigenvalue weighted by atomic mass is 32.1. The molecule has 1 aliphatic heterocycles. The number of fused-ring (bicyclic) bond motifs is 1. The minimum atomic E-state index is -0.776. The van der Waals surface area contributed by atoms with Crippen LogP contribution in [0, 0.1) is 0 Å². The molecule has 2 heterocycles. The predicted molar refractivity (Wildman–Crippen MR) is 181 cm³/mol. The monoisotopic (exact) mass is 589 g/mol. The summed E-state index contributed by atoms with van der Waals surface area (Å²) in [6, 6.07) is 11.3. The lowest BCUT2D eigenvalue weighted by Crippen LogP contribution is -2.34. The highest BCUT2D eigenvalue weighted by Crippen LogP contribution is 2.50. The Bertz CT molecular complexity index is 1400. The van der Waals surface area contributed by atoms with Crippen molar-refractivity contribution in [3.05, 3.63) is 72.5 Å². The summed E-state index contributed by atoms with van der Waals surface area (Å²) in [6.45, 7) is 9.75. The fourth-order valence-electron chi connectivity index (χ4n) is 6.35. The predicted octanol–water partition coefficient (Wildman–Crippen LogP) is 9.90. The van der Waals surface area contributed by atoms with E-state index in [2.05, 4.69) is 62.9 Å². The second-order valence-corrected chi connectivity index (χ2v) is 13.9. The molecule has 1 N–H and O–H groups in total. The molecule has 42 heavy (non-hydrogen) atoms. The normalized spacial score (nSPS) is 15.2. The maximum absolute atomic E-state index is 12.3.